The van der Waals surface area contributed by atoms with E-state index in [2.05, 4.69) is 13.8 Å². The van der Waals surface area contributed by atoms with Crippen molar-refractivity contribution in [1.82, 2.24) is 0 Å². The lowest BCUT2D eigenvalue weighted by molar-refractivity contribution is 0.0711. The van der Waals surface area contributed by atoms with Crippen molar-refractivity contribution in [2.45, 2.75) is 141 Å². The number of hydrogen-bond donors (Lipinski definition) is 0. The van der Waals surface area contributed by atoms with Crippen molar-refractivity contribution in [3.63, 3.8) is 0 Å². The molecule has 0 amide bonds. The average Bonchev–Trinajstić information content (AvgIpc) is 2.61. The Labute approximate surface area is 164 Å². The summed E-state index contributed by atoms with van der Waals surface area (Å²) in [5.74, 6) is 0. The molecular formula is C23H47ClO. The molecule has 0 aliphatic carbocycles. The van der Waals surface area contributed by atoms with Gasteiger partial charge in [0.25, 0.3) is 0 Å². The summed E-state index contributed by atoms with van der Waals surface area (Å²) in [4.78, 5) is 0. The predicted octanol–water partition coefficient (Wildman–Crippen LogP) is 8.67. The van der Waals surface area contributed by atoms with Crippen molar-refractivity contribution < 1.29 is 4.74 Å². The second kappa shape index (κ2) is 20.6. The van der Waals surface area contributed by atoms with Gasteiger partial charge in [-0.2, -0.15) is 0 Å². The molecule has 0 bridgehead atoms. The molecule has 0 saturated heterocycles. The van der Waals surface area contributed by atoms with E-state index in [-0.39, 0.29) is 11.5 Å². The second-order valence-corrected chi connectivity index (χ2v) is 8.33. The molecule has 0 aromatic carbocycles. The van der Waals surface area contributed by atoms with Gasteiger partial charge >= 0.3 is 0 Å². The molecule has 0 aromatic heterocycles. The topological polar surface area (TPSA) is 9.23 Å². The molecule has 2 atom stereocenters. The lowest BCUT2D eigenvalue weighted by Gasteiger charge is -2.17. The molecule has 0 heterocycles. The van der Waals surface area contributed by atoms with Crippen molar-refractivity contribution in [1.29, 1.82) is 0 Å². The molecule has 0 saturated carbocycles. The summed E-state index contributed by atoms with van der Waals surface area (Å²) in [7, 11) is 0. The van der Waals surface area contributed by atoms with Gasteiger partial charge in [0.05, 0.1) is 11.5 Å². The average molecular weight is 375 g/mol. The molecule has 152 valence electrons. The van der Waals surface area contributed by atoms with Gasteiger partial charge in [0.15, 0.2) is 0 Å². The van der Waals surface area contributed by atoms with Crippen LogP contribution < -0.4 is 0 Å². The summed E-state index contributed by atoms with van der Waals surface area (Å²) in [6, 6.07) is 0. The fourth-order valence-corrected chi connectivity index (χ4v) is 3.72. The van der Waals surface area contributed by atoms with E-state index >= 15 is 0 Å². The van der Waals surface area contributed by atoms with Crippen LogP contribution in [-0.2, 0) is 4.74 Å². The van der Waals surface area contributed by atoms with Crippen LogP contribution >= 0.6 is 11.6 Å². The van der Waals surface area contributed by atoms with Gasteiger partial charge in [-0.05, 0) is 20.3 Å². The van der Waals surface area contributed by atoms with E-state index in [1.807, 2.05) is 6.92 Å². The molecule has 0 fully saturated rings. The fraction of sp³-hybridized carbons (Fsp3) is 1.00. The van der Waals surface area contributed by atoms with Crippen molar-refractivity contribution in [2.24, 2.45) is 0 Å². The van der Waals surface area contributed by atoms with Gasteiger partial charge < -0.3 is 4.74 Å². The highest BCUT2D eigenvalue weighted by Crippen LogP contribution is 2.17. The first-order valence-corrected chi connectivity index (χ1v) is 11.9. The number of unbranched alkanes of at least 4 members (excludes halogenated alkanes) is 15. The van der Waals surface area contributed by atoms with Gasteiger partial charge in [0, 0.05) is 6.61 Å². The van der Waals surface area contributed by atoms with Crippen molar-refractivity contribution in [2.75, 3.05) is 6.61 Å². The zero-order valence-electron chi connectivity index (χ0n) is 17.7. The van der Waals surface area contributed by atoms with Gasteiger partial charge in [-0.15, -0.1) is 11.6 Å². The molecule has 2 unspecified atom stereocenters. The third-order valence-corrected chi connectivity index (χ3v) is 5.85. The number of ether oxygens (including phenoxy) is 1. The first kappa shape index (κ1) is 25.2. The molecular weight excluding hydrogens is 328 g/mol. The predicted molar refractivity (Wildman–Crippen MR) is 115 cm³/mol. The standard InChI is InChI=1S/C23H47ClO/c1-4-6-7-8-9-10-11-12-13-14-15-16-17-18-19-20-21-23(24)22(3)25-5-2/h22-23H,4-21H2,1-3H3. The monoisotopic (exact) mass is 374 g/mol. The molecule has 0 aliphatic rings. The maximum absolute atomic E-state index is 6.35. The molecule has 0 aliphatic heterocycles. The third kappa shape index (κ3) is 18.8. The van der Waals surface area contributed by atoms with E-state index in [1.54, 1.807) is 0 Å². The quantitative estimate of drug-likeness (QED) is 0.153. The summed E-state index contributed by atoms with van der Waals surface area (Å²) < 4.78 is 5.55. The lowest BCUT2D eigenvalue weighted by atomic mass is 10.0. The van der Waals surface area contributed by atoms with Gasteiger partial charge in [0.1, 0.15) is 0 Å². The molecule has 0 radical (unpaired) electrons. The number of halogens is 1. The van der Waals surface area contributed by atoms with Gasteiger partial charge in [-0.25, -0.2) is 0 Å². The smallest absolute Gasteiger partial charge is 0.0710 e. The van der Waals surface area contributed by atoms with E-state index < -0.39 is 0 Å². The number of hydrogen-bond acceptors (Lipinski definition) is 1. The third-order valence-electron chi connectivity index (χ3n) is 5.27. The molecule has 2 heteroatoms. The zero-order chi connectivity index (χ0) is 18.6. The summed E-state index contributed by atoms with van der Waals surface area (Å²) in [6.07, 6.45) is 24.0. The van der Waals surface area contributed by atoms with Crippen LogP contribution in [0.1, 0.15) is 130 Å². The zero-order valence-corrected chi connectivity index (χ0v) is 18.4. The summed E-state index contributed by atoms with van der Waals surface area (Å²) in [6.45, 7) is 7.19. The van der Waals surface area contributed by atoms with Gasteiger partial charge in [0.2, 0.25) is 0 Å². The molecule has 0 N–H and O–H groups in total. The molecule has 0 rings (SSSR count). The lowest BCUT2D eigenvalue weighted by Crippen LogP contribution is -2.21. The highest BCUT2D eigenvalue weighted by Gasteiger charge is 2.13. The Balaban J connectivity index is 3.12. The van der Waals surface area contributed by atoms with E-state index in [4.69, 9.17) is 16.3 Å². The minimum absolute atomic E-state index is 0.187. The fourth-order valence-electron chi connectivity index (χ4n) is 3.49. The first-order valence-electron chi connectivity index (χ1n) is 11.5. The van der Waals surface area contributed by atoms with E-state index in [1.165, 1.54) is 103 Å². The minimum atomic E-state index is 0.187. The van der Waals surface area contributed by atoms with Crippen LogP contribution in [-0.4, -0.2) is 18.1 Å². The van der Waals surface area contributed by atoms with E-state index in [9.17, 15) is 0 Å². The van der Waals surface area contributed by atoms with Crippen LogP contribution in [0.25, 0.3) is 0 Å². The van der Waals surface area contributed by atoms with Crippen LogP contribution in [0.3, 0.4) is 0 Å². The SMILES string of the molecule is CCCCCCCCCCCCCCCCCCC(Cl)C(C)OCC. The highest BCUT2D eigenvalue weighted by atomic mass is 35.5. The van der Waals surface area contributed by atoms with Crippen LogP contribution in [0.15, 0.2) is 0 Å². The first-order chi connectivity index (χ1) is 12.2. The number of rotatable bonds is 20. The van der Waals surface area contributed by atoms with E-state index in [0.717, 1.165) is 13.0 Å². The maximum Gasteiger partial charge on any atom is 0.0710 e. The minimum Gasteiger partial charge on any atom is -0.377 e. The van der Waals surface area contributed by atoms with Crippen molar-refractivity contribution >= 4 is 11.6 Å². The molecule has 1 nitrogen and oxygen atoms in total. The Hall–Kier alpha value is 0.250. The van der Waals surface area contributed by atoms with Gasteiger partial charge in [-0.1, -0.05) is 110 Å². The Morgan fingerprint density at radius 3 is 1.32 bits per heavy atom. The van der Waals surface area contributed by atoms with Crippen LogP contribution in [0, 0.1) is 0 Å². The highest BCUT2D eigenvalue weighted by molar-refractivity contribution is 6.21. The Morgan fingerprint density at radius 1 is 0.600 bits per heavy atom. The molecule has 25 heavy (non-hydrogen) atoms. The largest absolute Gasteiger partial charge is 0.377 e. The molecule has 0 aromatic rings. The van der Waals surface area contributed by atoms with Crippen molar-refractivity contribution in [3.8, 4) is 0 Å². The van der Waals surface area contributed by atoms with Crippen LogP contribution in [0.2, 0.25) is 0 Å². The second-order valence-electron chi connectivity index (χ2n) is 7.77. The van der Waals surface area contributed by atoms with Crippen molar-refractivity contribution in [3.05, 3.63) is 0 Å². The van der Waals surface area contributed by atoms with Crippen LogP contribution in [0.5, 0.6) is 0 Å². The number of alkyl halides is 1. The Kier molecular flexibility index (Phi) is 20.8. The summed E-state index contributed by atoms with van der Waals surface area (Å²) in [5.41, 5.74) is 0. The normalized spacial score (nSPS) is 13.9. The Bertz CT molecular complexity index is 244. The Morgan fingerprint density at radius 2 is 0.960 bits per heavy atom. The van der Waals surface area contributed by atoms with Gasteiger partial charge in [-0.3, -0.25) is 0 Å². The van der Waals surface area contributed by atoms with Crippen LogP contribution in [0.4, 0.5) is 0 Å². The maximum atomic E-state index is 6.35. The van der Waals surface area contributed by atoms with E-state index in [0.29, 0.717) is 0 Å². The summed E-state index contributed by atoms with van der Waals surface area (Å²) >= 11 is 6.35. The summed E-state index contributed by atoms with van der Waals surface area (Å²) in [5, 5.41) is 0.187. The molecule has 0 spiro atoms.